The molecule has 0 fully saturated rings. The molecule has 0 spiro atoms. The van der Waals surface area contributed by atoms with Crippen molar-refractivity contribution in [3.8, 4) is 0 Å². The second-order valence-corrected chi connectivity index (χ2v) is 13.1. The maximum Gasteiger partial charge on any atom is 0.308 e. The summed E-state index contributed by atoms with van der Waals surface area (Å²) in [5, 5.41) is 3.64. The van der Waals surface area contributed by atoms with Crippen molar-refractivity contribution in [1.82, 2.24) is 0 Å². The number of ketones is 1. The third-order valence-electron chi connectivity index (χ3n) is 5.42. The van der Waals surface area contributed by atoms with Crippen molar-refractivity contribution in [2.24, 2.45) is 5.73 Å². The van der Waals surface area contributed by atoms with Crippen LogP contribution in [0, 0.1) is 20.8 Å². The van der Waals surface area contributed by atoms with E-state index in [0.717, 1.165) is 16.0 Å². The topological polar surface area (TPSA) is 153 Å². The Balaban J connectivity index is 0.000000425. The zero-order valence-corrected chi connectivity index (χ0v) is 25.5. The highest BCUT2D eigenvalue weighted by Crippen LogP contribution is 2.34. The molecular weight excluding hydrogens is 576 g/mol. The number of ether oxygens (including phenoxy) is 1. The number of anilines is 1. The average Bonchev–Trinajstić information content (AvgIpc) is 3.10. The van der Waals surface area contributed by atoms with Crippen LogP contribution in [0.1, 0.15) is 59.1 Å². The van der Waals surface area contributed by atoms with Crippen molar-refractivity contribution in [2.75, 3.05) is 5.32 Å². The molecule has 216 valence electrons. The number of carbonyl (C=O) groups excluding carboxylic acids is 3. The predicted octanol–water partition coefficient (Wildman–Crippen LogP) is 5.49. The lowest BCUT2D eigenvalue weighted by molar-refractivity contribution is -0.155. The normalized spacial score (nSPS) is 12.1. The van der Waals surface area contributed by atoms with Gasteiger partial charge in [0.25, 0.3) is 10.1 Å². The van der Waals surface area contributed by atoms with E-state index in [1.807, 2.05) is 20.8 Å². The molecule has 3 rings (SSSR count). The fraction of sp³-hybridized carbons (Fsp3) is 0.321. The van der Waals surface area contributed by atoms with Crippen LogP contribution in [0.15, 0.2) is 53.4 Å². The number of hydrogen-bond acceptors (Lipinski definition) is 8. The van der Waals surface area contributed by atoms with Crippen molar-refractivity contribution in [3.05, 3.63) is 80.7 Å². The summed E-state index contributed by atoms with van der Waals surface area (Å²) in [6.07, 6.45) is -0.257. The number of halogens is 1. The standard InChI is InChI=1S/C21H25ClN2O4S.C7H8O3S/c1-11-12(2)29-20(17(11)18(26)13-6-8-14(22)9-7-13)24-19(27)15(23)10-16(25)28-21(3,4)5;1-6-2-4-7(5-3-6)11(8,9)10/h6-9,15H,10,23H2,1-5H3,(H,24,27);2-5H,1H3,(H,8,9,10)/t15-;/m0./s1. The van der Waals surface area contributed by atoms with E-state index < -0.39 is 33.6 Å². The molecule has 12 heteroatoms. The number of carbonyl (C=O) groups is 3. The Hall–Kier alpha value is -3.09. The Labute approximate surface area is 243 Å². The molecule has 0 saturated carbocycles. The predicted molar refractivity (Wildman–Crippen MR) is 157 cm³/mol. The molecule has 0 aliphatic rings. The highest BCUT2D eigenvalue weighted by atomic mass is 35.5. The molecule has 3 aromatic rings. The van der Waals surface area contributed by atoms with Gasteiger partial charge in [-0.25, -0.2) is 0 Å². The van der Waals surface area contributed by atoms with E-state index in [-0.39, 0.29) is 17.1 Å². The Morgan fingerprint density at radius 1 is 1.02 bits per heavy atom. The highest BCUT2D eigenvalue weighted by Gasteiger charge is 2.26. The summed E-state index contributed by atoms with van der Waals surface area (Å²) in [6, 6.07) is 11.4. The third kappa shape index (κ3) is 9.83. The molecule has 9 nitrogen and oxygen atoms in total. The lowest BCUT2D eigenvalue weighted by atomic mass is 10.0. The minimum absolute atomic E-state index is 0.0666. The quantitative estimate of drug-likeness (QED) is 0.181. The van der Waals surface area contributed by atoms with E-state index in [9.17, 15) is 22.8 Å². The van der Waals surface area contributed by atoms with Crippen LogP contribution in [-0.2, 0) is 24.4 Å². The molecule has 0 aliphatic heterocycles. The summed E-state index contributed by atoms with van der Waals surface area (Å²) in [7, 11) is -4.02. The maximum atomic E-state index is 13.0. The largest absolute Gasteiger partial charge is 0.460 e. The van der Waals surface area contributed by atoms with Gasteiger partial charge >= 0.3 is 5.97 Å². The average molecular weight is 609 g/mol. The number of aryl methyl sites for hydroxylation is 2. The fourth-order valence-electron chi connectivity index (χ4n) is 3.30. The molecule has 0 bridgehead atoms. The zero-order valence-electron chi connectivity index (χ0n) is 23.1. The highest BCUT2D eigenvalue weighted by molar-refractivity contribution is 7.85. The molecule has 0 aliphatic carbocycles. The molecule has 1 amide bonds. The third-order valence-corrected chi connectivity index (χ3v) is 7.66. The van der Waals surface area contributed by atoms with Gasteiger partial charge in [0.2, 0.25) is 5.91 Å². The molecular formula is C28H33ClN2O7S2. The van der Waals surface area contributed by atoms with E-state index in [1.54, 1.807) is 57.2 Å². The molecule has 0 radical (unpaired) electrons. The minimum Gasteiger partial charge on any atom is -0.460 e. The Bertz CT molecular complexity index is 1470. The number of rotatable bonds is 7. The van der Waals surface area contributed by atoms with Gasteiger partial charge in [0.15, 0.2) is 5.78 Å². The number of benzene rings is 2. The molecule has 4 N–H and O–H groups in total. The van der Waals surface area contributed by atoms with Crippen LogP contribution < -0.4 is 11.1 Å². The van der Waals surface area contributed by atoms with E-state index in [1.165, 1.54) is 23.5 Å². The van der Waals surface area contributed by atoms with Crippen molar-refractivity contribution in [3.63, 3.8) is 0 Å². The van der Waals surface area contributed by atoms with Crippen molar-refractivity contribution in [1.29, 1.82) is 0 Å². The maximum absolute atomic E-state index is 13.0. The van der Waals surface area contributed by atoms with Crippen LogP contribution in [0.2, 0.25) is 5.02 Å². The first-order valence-corrected chi connectivity index (χ1v) is 14.7. The molecule has 0 saturated heterocycles. The van der Waals surface area contributed by atoms with Gasteiger partial charge in [-0.05, 0) is 83.5 Å². The molecule has 2 aromatic carbocycles. The lowest BCUT2D eigenvalue weighted by Crippen LogP contribution is -2.39. The monoisotopic (exact) mass is 608 g/mol. The van der Waals surface area contributed by atoms with Crippen molar-refractivity contribution >= 4 is 55.7 Å². The molecule has 1 aromatic heterocycles. The number of nitrogens with two attached hydrogens (primary N) is 1. The first-order chi connectivity index (χ1) is 18.4. The van der Waals surface area contributed by atoms with Crippen LogP contribution >= 0.6 is 22.9 Å². The van der Waals surface area contributed by atoms with Crippen molar-refractivity contribution < 1.29 is 32.1 Å². The summed E-state index contributed by atoms with van der Waals surface area (Å²) >= 11 is 7.19. The number of esters is 1. The smallest absolute Gasteiger partial charge is 0.308 e. The summed E-state index contributed by atoms with van der Waals surface area (Å²) < 4.78 is 34.8. The Kier molecular flexibility index (Phi) is 11.2. The summed E-state index contributed by atoms with van der Waals surface area (Å²) in [4.78, 5) is 38.3. The summed E-state index contributed by atoms with van der Waals surface area (Å²) in [5.74, 6) is -1.34. The van der Waals surface area contributed by atoms with Crippen LogP contribution in [0.3, 0.4) is 0 Å². The first-order valence-electron chi connectivity index (χ1n) is 12.1. The van der Waals surface area contributed by atoms with Gasteiger partial charge in [0.1, 0.15) is 10.6 Å². The van der Waals surface area contributed by atoms with E-state index >= 15 is 0 Å². The first kappa shape index (κ1) is 33.1. The number of amides is 1. The zero-order chi connectivity index (χ0) is 30.4. The lowest BCUT2D eigenvalue weighted by Gasteiger charge is -2.20. The number of thiophene rings is 1. The van der Waals surface area contributed by atoms with Crippen LogP contribution in [0.4, 0.5) is 5.00 Å². The van der Waals surface area contributed by atoms with Gasteiger partial charge in [-0.2, -0.15) is 8.42 Å². The van der Waals surface area contributed by atoms with Crippen LogP contribution in [-0.4, -0.2) is 42.3 Å². The Morgan fingerprint density at radius 3 is 2.08 bits per heavy atom. The Morgan fingerprint density at radius 2 is 1.57 bits per heavy atom. The van der Waals surface area contributed by atoms with Gasteiger partial charge in [0.05, 0.1) is 22.9 Å². The summed E-state index contributed by atoms with van der Waals surface area (Å²) in [5.41, 5.74) is 7.83. The summed E-state index contributed by atoms with van der Waals surface area (Å²) in [6.45, 7) is 10.8. The SMILES string of the molecule is Cc1ccc(S(=O)(=O)O)cc1.Cc1sc(NC(=O)[C@@H](N)CC(=O)OC(C)(C)C)c(C(=O)c2ccc(Cl)cc2)c1C. The molecule has 0 unspecified atom stereocenters. The van der Waals surface area contributed by atoms with E-state index in [4.69, 9.17) is 26.6 Å². The van der Waals surface area contributed by atoms with Gasteiger partial charge in [-0.15, -0.1) is 11.3 Å². The molecule has 1 heterocycles. The molecule has 1 atom stereocenters. The van der Waals surface area contributed by atoms with Gasteiger partial charge < -0.3 is 15.8 Å². The van der Waals surface area contributed by atoms with Gasteiger partial charge in [-0.3, -0.25) is 18.9 Å². The fourth-order valence-corrected chi connectivity index (χ4v) is 4.97. The van der Waals surface area contributed by atoms with E-state index in [2.05, 4.69) is 5.32 Å². The van der Waals surface area contributed by atoms with Gasteiger partial charge in [0, 0.05) is 15.5 Å². The minimum atomic E-state index is -4.02. The van der Waals surface area contributed by atoms with Crippen LogP contribution in [0.5, 0.6) is 0 Å². The second kappa shape index (κ2) is 13.5. The number of nitrogens with one attached hydrogen (secondary N) is 1. The van der Waals surface area contributed by atoms with Crippen LogP contribution in [0.25, 0.3) is 0 Å². The van der Waals surface area contributed by atoms with Crippen molar-refractivity contribution in [2.45, 2.75) is 64.5 Å². The number of hydrogen-bond donors (Lipinski definition) is 3. The van der Waals surface area contributed by atoms with E-state index in [0.29, 0.717) is 21.2 Å². The molecule has 40 heavy (non-hydrogen) atoms. The second-order valence-electron chi connectivity index (χ2n) is 10.00. The van der Waals surface area contributed by atoms with Gasteiger partial charge in [-0.1, -0.05) is 29.3 Å².